The number of anilines is 1. The Hall–Kier alpha value is -2.01. The summed E-state index contributed by atoms with van der Waals surface area (Å²) in [5.74, 6) is 0.851. The predicted octanol–water partition coefficient (Wildman–Crippen LogP) is 2.75. The van der Waals surface area contributed by atoms with E-state index in [0.717, 1.165) is 17.0 Å². The number of rotatable bonds is 6. The van der Waals surface area contributed by atoms with Gasteiger partial charge >= 0.3 is 0 Å². The van der Waals surface area contributed by atoms with Crippen LogP contribution < -0.4 is 10.1 Å². The highest BCUT2D eigenvalue weighted by atomic mass is 16.5. The smallest absolute Gasteiger partial charge is 0.124 e. The van der Waals surface area contributed by atoms with Gasteiger partial charge in [-0.1, -0.05) is 6.07 Å². The standard InChI is InChI=1S/C15H21N3O2/c1-11(17-14-8-16-18(2)9-14)12-5-6-15(20-4)13(7-12)10-19-3/h5-9,11,17H,10H2,1-4H3. The van der Waals surface area contributed by atoms with Crippen molar-refractivity contribution < 1.29 is 9.47 Å². The molecule has 5 heteroatoms. The number of hydrogen-bond acceptors (Lipinski definition) is 4. The third-order valence-electron chi connectivity index (χ3n) is 3.19. The van der Waals surface area contributed by atoms with E-state index in [0.29, 0.717) is 6.61 Å². The number of hydrogen-bond donors (Lipinski definition) is 1. The zero-order chi connectivity index (χ0) is 14.5. The number of nitrogens with zero attached hydrogens (tertiary/aromatic N) is 2. The van der Waals surface area contributed by atoms with Gasteiger partial charge in [-0.25, -0.2) is 0 Å². The summed E-state index contributed by atoms with van der Waals surface area (Å²) in [6.45, 7) is 2.65. The van der Waals surface area contributed by atoms with Crippen molar-refractivity contribution in [3.05, 3.63) is 41.7 Å². The molecule has 2 rings (SSSR count). The first-order valence-corrected chi connectivity index (χ1v) is 6.55. The maximum atomic E-state index is 5.34. The second-order valence-corrected chi connectivity index (χ2v) is 4.77. The average molecular weight is 275 g/mol. The fourth-order valence-electron chi connectivity index (χ4n) is 2.17. The lowest BCUT2D eigenvalue weighted by atomic mass is 10.0. The molecule has 0 fully saturated rings. The molecular formula is C15H21N3O2. The number of aryl methyl sites for hydroxylation is 1. The summed E-state index contributed by atoms with van der Waals surface area (Å²) in [5.41, 5.74) is 3.23. The highest BCUT2D eigenvalue weighted by Crippen LogP contribution is 2.25. The zero-order valence-electron chi connectivity index (χ0n) is 12.4. The number of aromatic nitrogens is 2. The lowest BCUT2D eigenvalue weighted by molar-refractivity contribution is 0.181. The highest BCUT2D eigenvalue weighted by molar-refractivity contribution is 5.44. The lowest BCUT2D eigenvalue weighted by Crippen LogP contribution is -2.07. The first kappa shape index (κ1) is 14.4. The second kappa shape index (κ2) is 6.43. The third-order valence-corrected chi connectivity index (χ3v) is 3.19. The molecular weight excluding hydrogens is 254 g/mol. The van der Waals surface area contributed by atoms with Crippen molar-refractivity contribution in [3.63, 3.8) is 0 Å². The molecule has 1 aromatic heterocycles. The summed E-state index contributed by atoms with van der Waals surface area (Å²) in [6.07, 6.45) is 3.77. The maximum Gasteiger partial charge on any atom is 0.124 e. The molecule has 0 aliphatic heterocycles. The van der Waals surface area contributed by atoms with Crippen molar-refractivity contribution in [3.8, 4) is 5.75 Å². The predicted molar refractivity (Wildman–Crippen MR) is 79.0 cm³/mol. The van der Waals surface area contributed by atoms with E-state index < -0.39 is 0 Å². The van der Waals surface area contributed by atoms with Crippen LogP contribution in [-0.2, 0) is 18.4 Å². The molecule has 1 atom stereocenters. The van der Waals surface area contributed by atoms with Gasteiger partial charge in [0.1, 0.15) is 5.75 Å². The van der Waals surface area contributed by atoms with Gasteiger partial charge in [-0.3, -0.25) is 4.68 Å². The molecule has 0 saturated heterocycles. The second-order valence-electron chi connectivity index (χ2n) is 4.77. The molecule has 0 saturated carbocycles. The molecule has 1 aromatic carbocycles. The van der Waals surface area contributed by atoms with Gasteiger partial charge in [0, 0.05) is 32.0 Å². The van der Waals surface area contributed by atoms with Gasteiger partial charge < -0.3 is 14.8 Å². The quantitative estimate of drug-likeness (QED) is 0.880. The molecule has 0 spiro atoms. The third kappa shape index (κ3) is 3.30. The summed E-state index contributed by atoms with van der Waals surface area (Å²) in [5, 5.41) is 7.57. The minimum atomic E-state index is 0.181. The number of methoxy groups -OCH3 is 2. The molecule has 108 valence electrons. The fourth-order valence-corrected chi connectivity index (χ4v) is 2.17. The molecule has 20 heavy (non-hydrogen) atoms. The van der Waals surface area contributed by atoms with E-state index in [1.807, 2.05) is 25.5 Å². The van der Waals surface area contributed by atoms with E-state index in [9.17, 15) is 0 Å². The van der Waals surface area contributed by atoms with Crippen LogP contribution in [0.15, 0.2) is 30.6 Å². The SMILES string of the molecule is COCc1cc(C(C)Nc2cnn(C)c2)ccc1OC. The molecule has 1 N–H and O–H groups in total. The van der Waals surface area contributed by atoms with Crippen LogP contribution in [0.5, 0.6) is 5.75 Å². The van der Waals surface area contributed by atoms with Crippen molar-refractivity contribution >= 4 is 5.69 Å². The Kier molecular flexibility index (Phi) is 4.63. The topological polar surface area (TPSA) is 48.3 Å². The molecule has 0 aliphatic rings. The van der Waals surface area contributed by atoms with E-state index in [1.165, 1.54) is 5.56 Å². The van der Waals surface area contributed by atoms with Crippen LogP contribution in [0.3, 0.4) is 0 Å². The van der Waals surface area contributed by atoms with Crippen molar-refractivity contribution in [2.75, 3.05) is 19.5 Å². The van der Waals surface area contributed by atoms with E-state index >= 15 is 0 Å². The van der Waals surface area contributed by atoms with Crippen molar-refractivity contribution in [2.45, 2.75) is 19.6 Å². The lowest BCUT2D eigenvalue weighted by Gasteiger charge is -2.16. The molecule has 5 nitrogen and oxygen atoms in total. The Morgan fingerprint density at radius 3 is 2.75 bits per heavy atom. The normalized spacial score (nSPS) is 12.2. The molecule has 1 unspecified atom stereocenters. The Morgan fingerprint density at radius 1 is 1.35 bits per heavy atom. The van der Waals surface area contributed by atoms with Crippen LogP contribution in [0.4, 0.5) is 5.69 Å². The summed E-state index contributed by atoms with van der Waals surface area (Å²) in [4.78, 5) is 0. The summed E-state index contributed by atoms with van der Waals surface area (Å²) in [6, 6.07) is 6.33. The van der Waals surface area contributed by atoms with Crippen molar-refractivity contribution in [1.29, 1.82) is 0 Å². The van der Waals surface area contributed by atoms with E-state index in [1.54, 1.807) is 18.9 Å². The Balaban J connectivity index is 2.16. The van der Waals surface area contributed by atoms with Gasteiger partial charge in [0.15, 0.2) is 0 Å². The van der Waals surface area contributed by atoms with Crippen LogP contribution >= 0.6 is 0 Å². The van der Waals surface area contributed by atoms with E-state index in [2.05, 4.69) is 29.5 Å². The van der Waals surface area contributed by atoms with Crippen molar-refractivity contribution in [2.24, 2.45) is 7.05 Å². The van der Waals surface area contributed by atoms with Gasteiger partial charge in [-0.05, 0) is 24.6 Å². The molecule has 0 bridgehead atoms. The monoisotopic (exact) mass is 275 g/mol. The van der Waals surface area contributed by atoms with Crippen molar-refractivity contribution in [1.82, 2.24) is 9.78 Å². The molecule has 0 radical (unpaired) electrons. The van der Waals surface area contributed by atoms with Gasteiger partial charge in [0.25, 0.3) is 0 Å². The van der Waals surface area contributed by atoms with Crippen LogP contribution in [0, 0.1) is 0 Å². The first-order valence-electron chi connectivity index (χ1n) is 6.55. The van der Waals surface area contributed by atoms with Gasteiger partial charge in [-0.2, -0.15) is 5.10 Å². The first-order chi connectivity index (χ1) is 9.63. The Morgan fingerprint density at radius 2 is 2.15 bits per heavy atom. The van der Waals surface area contributed by atoms with E-state index in [4.69, 9.17) is 9.47 Å². The Bertz CT molecular complexity index is 566. The largest absolute Gasteiger partial charge is 0.496 e. The summed E-state index contributed by atoms with van der Waals surface area (Å²) >= 11 is 0. The van der Waals surface area contributed by atoms with Crippen LogP contribution in [-0.4, -0.2) is 24.0 Å². The van der Waals surface area contributed by atoms with Crippen LogP contribution in [0.25, 0.3) is 0 Å². The highest BCUT2D eigenvalue weighted by Gasteiger charge is 2.10. The zero-order valence-corrected chi connectivity index (χ0v) is 12.4. The molecule has 0 aliphatic carbocycles. The van der Waals surface area contributed by atoms with Crippen LogP contribution in [0.2, 0.25) is 0 Å². The molecule has 0 amide bonds. The average Bonchev–Trinajstić information content (AvgIpc) is 2.84. The summed E-state index contributed by atoms with van der Waals surface area (Å²) < 4.78 is 12.3. The Labute approximate surface area is 119 Å². The molecule has 1 heterocycles. The minimum absolute atomic E-state index is 0.181. The maximum absolute atomic E-state index is 5.34. The number of ether oxygens (including phenoxy) is 2. The van der Waals surface area contributed by atoms with Gasteiger partial charge in [0.2, 0.25) is 0 Å². The van der Waals surface area contributed by atoms with Gasteiger partial charge in [-0.15, -0.1) is 0 Å². The molecule has 2 aromatic rings. The summed E-state index contributed by atoms with van der Waals surface area (Å²) in [7, 11) is 5.26. The van der Waals surface area contributed by atoms with Gasteiger partial charge in [0.05, 0.1) is 25.6 Å². The fraction of sp³-hybridized carbons (Fsp3) is 0.400. The van der Waals surface area contributed by atoms with E-state index in [-0.39, 0.29) is 6.04 Å². The minimum Gasteiger partial charge on any atom is -0.496 e. The van der Waals surface area contributed by atoms with Crippen LogP contribution in [0.1, 0.15) is 24.1 Å². The number of benzene rings is 1. The number of nitrogens with one attached hydrogen (secondary N) is 1.